The highest BCUT2D eigenvalue weighted by Gasteiger charge is 2.16. The fraction of sp³-hybridized carbons (Fsp3) is 0.200. The van der Waals surface area contributed by atoms with E-state index < -0.39 is 0 Å². The highest BCUT2D eigenvalue weighted by Crippen LogP contribution is 2.35. The summed E-state index contributed by atoms with van der Waals surface area (Å²) in [6.07, 6.45) is 1.03. The van der Waals surface area contributed by atoms with E-state index in [4.69, 9.17) is 4.74 Å². The van der Waals surface area contributed by atoms with Gasteiger partial charge in [0.05, 0.1) is 6.61 Å². The topological polar surface area (TPSA) is 9.23 Å². The van der Waals surface area contributed by atoms with Gasteiger partial charge >= 0.3 is 0 Å². The number of hydrogen-bond acceptors (Lipinski definition) is 1. The lowest BCUT2D eigenvalue weighted by Crippen LogP contribution is -1.88. The molecule has 0 N–H and O–H groups in total. The molecular formula is C15H14O. The Labute approximate surface area is 95.7 Å². The van der Waals surface area contributed by atoms with Crippen molar-refractivity contribution in [3.05, 3.63) is 53.6 Å². The van der Waals surface area contributed by atoms with Gasteiger partial charge < -0.3 is 4.74 Å². The lowest BCUT2D eigenvalue weighted by Gasteiger charge is -2.09. The maximum atomic E-state index is 5.60. The van der Waals surface area contributed by atoms with Gasteiger partial charge in [-0.1, -0.05) is 36.4 Å². The molecule has 1 aliphatic heterocycles. The second kappa shape index (κ2) is 3.67. The van der Waals surface area contributed by atoms with Gasteiger partial charge in [0.25, 0.3) is 0 Å². The van der Waals surface area contributed by atoms with Crippen molar-refractivity contribution < 1.29 is 4.74 Å². The molecule has 1 heteroatoms. The average molecular weight is 210 g/mol. The maximum Gasteiger partial charge on any atom is 0.123 e. The molecule has 0 saturated carbocycles. The van der Waals surface area contributed by atoms with E-state index >= 15 is 0 Å². The van der Waals surface area contributed by atoms with Crippen molar-refractivity contribution in [1.29, 1.82) is 0 Å². The van der Waals surface area contributed by atoms with Gasteiger partial charge in [-0.2, -0.15) is 0 Å². The first kappa shape index (κ1) is 9.46. The Morgan fingerprint density at radius 2 is 1.75 bits per heavy atom. The molecule has 2 aromatic carbocycles. The van der Waals surface area contributed by atoms with Gasteiger partial charge in [0, 0.05) is 12.0 Å². The van der Waals surface area contributed by atoms with Crippen molar-refractivity contribution in [2.24, 2.45) is 0 Å². The van der Waals surface area contributed by atoms with E-state index in [1.165, 1.54) is 22.3 Å². The summed E-state index contributed by atoms with van der Waals surface area (Å²) in [4.78, 5) is 0. The number of fused-ring (bicyclic) bond motifs is 1. The van der Waals surface area contributed by atoms with E-state index in [0.29, 0.717) is 0 Å². The fourth-order valence-corrected chi connectivity index (χ4v) is 2.35. The van der Waals surface area contributed by atoms with Crippen LogP contribution in [0.15, 0.2) is 42.5 Å². The Hall–Kier alpha value is -1.76. The number of rotatable bonds is 1. The van der Waals surface area contributed by atoms with Crippen LogP contribution in [0.4, 0.5) is 0 Å². The Morgan fingerprint density at radius 1 is 0.938 bits per heavy atom. The highest BCUT2D eigenvalue weighted by molar-refractivity contribution is 5.73. The van der Waals surface area contributed by atoms with Crippen molar-refractivity contribution in [1.82, 2.24) is 0 Å². The molecule has 1 heterocycles. The molecule has 0 atom stereocenters. The molecule has 0 aliphatic carbocycles. The highest BCUT2D eigenvalue weighted by atomic mass is 16.5. The fourth-order valence-electron chi connectivity index (χ4n) is 2.35. The van der Waals surface area contributed by atoms with Gasteiger partial charge in [-0.15, -0.1) is 0 Å². The minimum Gasteiger partial charge on any atom is -0.493 e. The lowest BCUT2D eigenvalue weighted by molar-refractivity contribution is 0.357. The Kier molecular flexibility index (Phi) is 2.17. The zero-order chi connectivity index (χ0) is 11.0. The second-order valence-corrected chi connectivity index (χ2v) is 4.20. The summed E-state index contributed by atoms with van der Waals surface area (Å²) in [6, 6.07) is 14.8. The van der Waals surface area contributed by atoms with Crippen LogP contribution in [-0.2, 0) is 6.42 Å². The largest absolute Gasteiger partial charge is 0.493 e. The van der Waals surface area contributed by atoms with Crippen LogP contribution in [0.5, 0.6) is 5.75 Å². The molecule has 1 nitrogen and oxygen atoms in total. The quantitative estimate of drug-likeness (QED) is 0.698. The van der Waals surface area contributed by atoms with E-state index in [2.05, 4.69) is 49.4 Å². The predicted octanol–water partition coefficient (Wildman–Crippen LogP) is 3.60. The summed E-state index contributed by atoms with van der Waals surface area (Å²) in [7, 11) is 0. The smallest absolute Gasteiger partial charge is 0.123 e. The van der Waals surface area contributed by atoms with Crippen molar-refractivity contribution in [2.75, 3.05) is 6.61 Å². The minimum atomic E-state index is 0.818. The van der Waals surface area contributed by atoms with Gasteiger partial charge in [0.15, 0.2) is 0 Å². The third kappa shape index (κ3) is 1.40. The van der Waals surface area contributed by atoms with E-state index in [0.717, 1.165) is 18.8 Å². The van der Waals surface area contributed by atoms with Crippen LogP contribution in [-0.4, -0.2) is 6.61 Å². The summed E-state index contributed by atoms with van der Waals surface area (Å²) in [5.74, 6) is 1.06. The number of hydrogen-bond donors (Lipinski definition) is 0. The van der Waals surface area contributed by atoms with E-state index in [-0.39, 0.29) is 0 Å². The van der Waals surface area contributed by atoms with Crippen molar-refractivity contribution in [3.63, 3.8) is 0 Å². The van der Waals surface area contributed by atoms with Crippen molar-refractivity contribution in [3.8, 4) is 16.9 Å². The Bertz CT molecular complexity index is 529. The normalized spacial score (nSPS) is 13.3. The predicted molar refractivity (Wildman–Crippen MR) is 65.8 cm³/mol. The molecule has 0 saturated heterocycles. The molecule has 0 aromatic heterocycles. The summed E-state index contributed by atoms with van der Waals surface area (Å²) in [5.41, 5.74) is 5.33. The van der Waals surface area contributed by atoms with Crippen molar-refractivity contribution in [2.45, 2.75) is 13.3 Å². The first-order valence-corrected chi connectivity index (χ1v) is 5.67. The number of aryl methyl sites for hydroxylation is 1. The maximum absolute atomic E-state index is 5.60. The lowest BCUT2D eigenvalue weighted by atomic mass is 9.95. The van der Waals surface area contributed by atoms with Crippen LogP contribution < -0.4 is 4.74 Å². The second-order valence-electron chi connectivity index (χ2n) is 4.20. The average Bonchev–Trinajstić information content (AvgIpc) is 2.77. The van der Waals surface area contributed by atoms with Gasteiger partial charge in [-0.05, 0) is 29.7 Å². The summed E-state index contributed by atoms with van der Waals surface area (Å²) >= 11 is 0. The molecule has 1 aliphatic rings. The molecule has 80 valence electrons. The molecule has 0 spiro atoms. The van der Waals surface area contributed by atoms with Crippen LogP contribution in [0.1, 0.15) is 11.1 Å². The first-order chi connectivity index (χ1) is 7.86. The van der Waals surface area contributed by atoms with Gasteiger partial charge in [-0.25, -0.2) is 0 Å². The van der Waals surface area contributed by atoms with E-state index in [1.807, 2.05) is 0 Å². The van der Waals surface area contributed by atoms with Crippen LogP contribution >= 0.6 is 0 Å². The Balaban J connectivity index is 2.21. The molecule has 0 radical (unpaired) electrons. The molecule has 0 fully saturated rings. The minimum absolute atomic E-state index is 0.818. The molecule has 0 unspecified atom stereocenters. The molecule has 2 aromatic rings. The first-order valence-electron chi connectivity index (χ1n) is 5.67. The zero-order valence-corrected chi connectivity index (χ0v) is 9.36. The molecule has 16 heavy (non-hydrogen) atoms. The van der Waals surface area contributed by atoms with Crippen molar-refractivity contribution >= 4 is 0 Å². The molecular weight excluding hydrogens is 196 g/mol. The van der Waals surface area contributed by atoms with E-state index in [9.17, 15) is 0 Å². The number of benzene rings is 2. The Morgan fingerprint density at radius 3 is 2.62 bits per heavy atom. The van der Waals surface area contributed by atoms with Crippen LogP contribution in [0, 0.1) is 6.92 Å². The zero-order valence-electron chi connectivity index (χ0n) is 9.36. The van der Waals surface area contributed by atoms with Crippen LogP contribution in [0.2, 0.25) is 0 Å². The van der Waals surface area contributed by atoms with Crippen LogP contribution in [0.25, 0.3) is 11.1 Å². The third-order valence-corrected chi connectivity index (χ3v) is 3.18. The molecule has 0 amide bonds. The van der Waals surface area contributed by atoms with E-state index in [1.54, 1.807) is 0 Å². The monoisotopic (exact) mass is 210 g/mol. The number of ether oxygens (including phenoxy) is 1. The third-order valence-electron chi connectivity index (χ3n) is 3.18. The summed E-state index contributed by atoms with van der Waals surface area (Å²) in [5, 5.41) is 0. The van der Waals surface area contributed by atoms with Gasteiger partial charge in [0.1, 0.15) is 5.75 Å². The summed E-state index contributed by atoms with van der Waals surface area (Å²) < 4.78 is 5.60. The van der Waals surface area contributed by atoms with Gasteiger partial charge in [0.2, 0.25) is 0 Å². The summed E-state index contributed by atoms with van der Waals surface area (Å²) in [6.45, 7) is 2.97. The molecule has 0 bridgehead atoms. The SMILES string of the molecule is Cc1ccccc1-c1cccc2c1CCO2. The van der Waals surface area contributed by atoms with Crippen LogP contribution in [0.3, 0.4) is 0 Å². The van der Waals surface area contributed by atoms with Gasteiger partial charge in [-0.3, -0.25) is 0 Å². The standard InChI is InChI=1S/C15H14O/c1-11-5-2-3-6-12(11)13-7-4-8-15-14(13)9-10-16-15/h2-8H,9-10H2,1H3. The molecule has 3 rings (SSSR count).